The largest absolute Gasteiger partial charge is 1.00 e. The molecule has 15 heavy (non-hydrogen) atoms. The maximum atomic E-state index is 11.9. The molecule has 1 aromatic carbocycles. The van der Waals surface area contributed by atoms with Crippen LogP contribution in [0.5, 0.6) is 0 Å². The van der Waals surface area contributed by atoms with Crippen LogP contribution in [-0.4, -0.2) is 12.6 Å². The third kappa shape index (κ3) is 6.45. The van der Waals surface area contributed by atoms with Crippen molar-refractivity contribution in [1.29, 1.82) is 0 Å². The molecular weight excluding hydrogens is 273 g/mol. The quantitative estimate of drug-likeness (QED) is 0.493. The van der Waals surface area contributed by atoms with Gasteiger partial charge < -0.3 is 18.7 Å². The van der Waals surface area contributed by atoms with E-state index in [0.29, 0.717) is 21.7 Å². The van der Waals surface area contributed by atoms with Gasteiger partial charge in [-0.3, -0.25) is 0 Å². The topological polar surface area (TPSA) is 26.0 Å². The number of nitrogen functional groups attached to an aromatic ring is 1. The summed E-state index contributed by atoms with van der Waals surface area (Å²) in [6.07, 6.45) is 0. The molecule has 8 heteroatoms. The van der Waals surface area contributed by atoms with Crippen LogP contribution in [-0.2, 0) is 0 Å². The second-order valence-corrected chi connectivity index (χ2v) is 4.20. The van der Waals surface area contributed by atoms with Crippen LogP contribution in [0.1, 0.15) is 0 Å². The number of hydrogen-bond donors (Lipinski definition) is 1. The van der Waals surface area contributed by atoms with Gasteiger partial charge in [-0.15, -0.1) is 0 Å². The zero-order chi connectivity index (χ0) is 10.8. The van der Waals surface area contributed by atoms with Gasteiger partial charge in [0, 0.05) is 15.6 Å². The second-order valence-electron chi connectivity index (χ2n) is 2.70. The molecule has 0 aliphatic heterocycles. The van der Waals surface area contributed by atoms with Crippen molar-refractivity contribution in [1.82, 2.24) is 0 Å². The molecule has 2 N–H and O–H groups in total. The molecule has 0 spiro atoms. The van der Waals surface area contributed by atoms with Crippen molar-refractivity contribution < 1.29 is 64.3 Å². The number of thioether (sulfide) groups is 1. The minimum Gasteiger partial charge on any atom is -0.448 e. The van der Waals surface area contributed by atoms with Crippen LogP contribution >= 0.6 is 23.4 Å². The van der Waals surface area contributed by atoms with Gasteiger partial charge in [-0.05, 0) is 23.9 Å². The molecule has 0 amide bonds. The van der Waals surface area contributed by atoms with Crippen molar-refractivity contribution in [3.8, 4) is 0 Å². The van der Waals surface area contributed by atoms with Gasteiger partial charge in [0.2, 0.25) is 0 Å². The number of rotatable bonds is 3. The average Bonchev–Trinajstić information content (AvgIpc) is 2.00. The van der Waals surface area contributed by atoms with Gasteiger partial charge >= 0.3 is 58.4 Å². The number of benzene rings is 1. The number of halogens is 4. The Kier molecular flexibility index (Phi) is 7.30. The van der Waals surface area contributed by atoms with Crippen LogP contribution in [0, 0.1) is 0 Å². The first-order chi connectivity index (χ1) is 6.38. The molecule has 1 nitrogen and oxygen atoms in total. The molecule has 0 saturated carbocycles. The summed E-state index contributed by atoms with van der Waals surface area (Å²) in [7, 11) is 0. The normalized spacial score (nSPS) is 10.9. The molecule has 1 aromatic rings. The van der Waals surface area contributed by atoms with Crippen molar-refractivity contribution >= 4 is 36.0 Å². The molecule has 0 atom stereocenters. The molecule has 0 heterocycles. The Morgan fingerprint density at radius 3 is 2.40 bits per heavy atom. The number of hydrogen-bond acceptors (Lipinski definition) is 2. The van der Waals surface area contributed by atoms with Gasteiger partial charge in [0.15, 0.2) is 0 Å². The molecule has 0 saturated heterocycles. The summed E-state index contributed by atoms with van der Waals surface area (Å²) < 4.78 is 35.8. The van der Waals surface area contributed by atoms with Gasteiger partial charge in [0.1, 0.15) is 0 Å². The summed E-state index contributed by atoms with van der Waals surface area (Å²) in [5.41, 5.74) is 4.88. The van der Waals surface area contributed by atoms with E-state index in [2.05, 4.69) is 0 Å². The first-order valence-corrected chi connectivity index (χ1v) is 5.13. The minimum absolute atomic E-state index is 0. The summed E-state index contributed by atoms with van der Waals surface area (Å²) in [5, 5.41) is 0.421. The Morgan fingerprint density at radius 2 is 1.93 bits per heavy atom. The first kappa shape index (κ1) is 16.2. The number of nitrogens with two attached hydrogens (primary N) is 1. The monoisotopic (exact) mass is 279 g/mol. The molecule has 0 aromatic heterocycles. The van der Waals surface area contributed by atoms with E-state index < -0.39 is 12.6 Å². The summed E-state index contributed by atoms with van der Waals surface area (Å²) >= 11 is 6.28. The van der Waals surface area contributed by atoms with E-state index in [1.165, 1.54) is 18.2 Å². The second kappa shape index (κ2) is 6.78. The molecule has 0 unspecified atom stereocenters. The third-order valence-electron chi connectivity index (χ3n) is 1.40. The van der Waals surface area contributed by atoms with E-state index in [4.69, 9.17) is 17.3 Å². The van der Waals surface area contributed by atoms with Crippen molar-refractivity contribution in [3.05, 3.63) is 23.2 Å². The van der Waals surface area contributed by atoms with Crippen molar-refractivity contribution in [2.24, 2.45) is 0 Å². The van der Waals surface area contributed by atoms with Crippen molar-refractivity contribution in [2.45, 2.75) is 4.90 Å². The standard InChI is InChI=1S/C7H7BClF3NS.K/c9-5-1-2-7(6(13)3-5)14-4-8(10,11)12;/h1-3H,4,13H2;/q-1;+1. The molecule has 0 radical (unpaired) electrons. The van der Waals surface area contributed by atoms with E-state index in [0.717, 1.165) is 0 Å². The van der Waals surface area contributed by atoms with Gasteiger partial charge in [-0.2, -0.15) is 11.8 Å². The molecule has 1 rings (SSSR count). The molecule has 78 valence electrons. The Balaban J connectivity index is 0.00000196. The minimum atomic E-state index is -4.78. The fourth-order valence-electron chi connectivity index (χ4n) is 0.835. The molecule has 0 aliphatic rings. The van der Waals surface area contributed by atoms with E-state index >= 15 is 0 Å². The van der Waals surface area contributed by atoms with Crippen LogP contribution in [0.15, 0.2) is 23.1 Å². The number of anilines is 1. The van der Waals surface area contributed by atoms with Crippen molar-refractivity contribution in [2.75, 3.05) is 11.4 Å². The Morgan fingerprint density at radius 1 is 1.33 bits per heavy atom. The van der Waals surface area contributed by atoms with Gasteiger partial charge in [-0.25, -0.2) is 0 Å². The van der Waals surface area contributed by atoms with E-state index in [9.17, 15) is 12.9 Å². The average molecular weight is 280 g/mol. The Labute approximate surface area is 138 Å². The molecule has 0 aliphatic carbocycles. The zero-order valence-electron chi connectivity index (χ0n) is 8.01. The summed E-state index contributed by atoms with van der Waals surface area (Å²) in [5.74, 6) is 0. The van der Waals surface area contributed by atoms with E-state index in [-0.39, 0.29) is 57.1 Å². The molecule has 0 fully saturated rings. The summed E-state index contributed by atoms with van der Waals surface area (Å²) in [6, 6.07) is 4.45. The van der Waals surface area contributed by atoms with Crippen LogP contribution in [0.25, 0.3) is 0 Å². The van der Waals surface area contributed by atoms with E-state index in [1.54, 1.807) is 0 Å². The van der Waals surface area contributed by atoms with Crippen molar-refractivity contribution in [3.63, 3.8) is 0 Å². The summed E-state index contributed by atoms with van der Waals surface area (Å²) in [6.45, 7) is -4.78. The van der Waals surface area contributed by atoms with Crippen LogP contribution in [0.2, 0.25) is 5.02 Å². The predicted molar refractivity (Wildman–Crippen MR) is 55.7 cm³/mol. The fraction of sp³-hybridized carbons (Fsp3) is 0.143. The maximum Gasteiger partial charge on any atom is 1.00 e. The Hall–Kier alpha value is 1.15. The summed E-state index contributed by atoms with van der Waals surface area (Å²) in [4.78, 5) is 0.411. The van der Waals surface area contributed by atoms with E-state index in [1.807, 2.05) is 0 Å². The third-order valence-corrected chi connectivity index (χ3v) is 2.86. The van der Waals surface area contributed by atoms with Gasteiger partial charge in [0.05, 0.1) is 0 Å². The zero-order valence-corrected chi connectivity index (χ0v) is 12.7. The predicted octanol–water partition coefficient (Wildman–Crippen LogP) is 0.405. The van der Waals surface area contributed by atoms with Crippen LogP contribution in [0.4, 0.5) is 18.6 Å². The SMILES string of the molecule is Nc1cc(Cl)ccc1SC[B-](F)(F)F.[K+]. The fourth-order valence-corrected chi connectivity index (χ4v) is 1.77. The van der Waals surface area contributed by atoms with Gasteiger partial charge in [-0.1, -0.05) is 11.6 Å². The van der Waals surface area contributed by atoms with Crippen LogP contribution < -0.4 is 57.1 Å². The smallest absolute Gasteiger partial charge is 0.448 e. The Bertz CT molecular complexity index is 337. The van der Waals surface area contributed by atoms with Crippen LogP contribution in [0.3, 0.4) is 0 Å². The molecule has 0 bridgehead atoms. The molecular formula is C7H7BClF3KNS. The van der Waals surface area contributed by atoms with Gasteiger partial charge in [0.25, 0.3) is 0 Å². The maximum absolute atomic E-state index is 11.9. The first-order valence-electron chi connectivity index (χ1n) is 3.77.